The molecule has 2 rings (SSSR count). The maximum Gasteiger partial charge on any atom is 0.262 e. The number of aryl methyl sites for hydroxylation is 1. The molecule has 0 radical (unpaired) electrons. The summed E-state index contributed by atoms with van der Waals surface area (Å²) < 4.78 is 4.88. The van der Waals surface area contributed by atoms with Crippen molar-refractivity contribution >= 4 is 0 Å². The third-order valence-corrected chi connectivity index (χ3v) is 1.51. The molecule has 0 aliphatic rings. The number of nitrogens with one attached hydrogen (secondary N) is 1. The smallest absolute Gasteiger partial charge is 0.262 e. The number of aromatic nitrogens is 4. The molecule has 0 unspecified atom stereocenters. The lowest BCUT2D eigenvalue weighted by molar-refractivity contribution is 0.425. The fourth-order valence-electron chi connectivity index (χ4n) is 0.940. The summed E-state index contributed by atoms with van der Waals surface area (Å²) >= 11 is 0. The van der Waals surface area contributed by atoms with E-state index in [0.29, 0.717) is 23.0 Å². The Labute approximate surface area is 73.2 Å². The van der Waals surface area contributed by atoms with E-state index in [1.165, 1.54) is 6.20 Å². The molecule has 2 aromatic rings. The minimum Gasteiger partial charge on any atom is -0.334 e. The molecule has 13 heavy (non-hydrogen) atoms. The molecule has 0 atom stereocenters. The Morgan fingerprint density at radius 3 is 3.08 bits per heavy atom. The highest BCUT2D eigenvalue weighted by atomic mass is 16.5. The Morgan fingerprint density at radius 2 is 2.46 bits per heavy atom. The first kappa shape index (κ1) is 7.49. The van der Waals surface area contributed by atoms with Gasteiger partial charge < -0.3 is 4.52 Å². The van der Waals surface area contributed by atoms with Gasteiger partial charge in [0, 0.05) is 0 Å². The molecule has 64 valence electrons. The number of nitrogens with zero attached hydrogens (tertiary/aromatic N) is 4. The maximum atomic E-state index is 8.66. The topological polar surface area (TPSA) is 91.4 Å². The summed E-state index contributed by atoms with van der Waals surface area (Å²) in [6.45, 7) is 1.71. The van der Waals surface area contributed by atoms with Crippen LogP contribution in [-0.4, -0.2) is 20.3 Å². The van der Waals surface area contributed by atoms with Crippen LogP contribution in [0.1, 0.15) is 11.5 Å². The van der Waals surface area contributed by atoms with Gasteiger partial charge in [0.05, 0.1) is 11.8 Å². The van der Waals surface area contributed by atoms with E-state index in [0.717, 1.165) is 0 Å². The maximum absolute atomic E-state index is 8.66. The molecule has 0 aliphatic heterocycles. The van der Waals surface area contributed by atoms with Crippen LogP contribution >= 0.6 is 0 Å². The van der Waals surface area contributed by atoms with Crippen molar-refractivity contribution in [1.82, 2.24) is 20.3 Å². The lowest BCUT2D eigenvalue weighted by Crippen LogP contribution is -1.80. The molecule has 0 fully saturated rings. The molecule has 0 amide bonds. The molecule has 6 heteroatoms. The van der Waals surface area contributed by atoms with Gasteiger partial charge in [0.1, 0.15) is 11.8 Å². The average molecular weight is 175 g/mol. The number of nitriles is 1. The lowest BCUT2D eigenvalue weighted by atomic mass is 10.2. The molecular formula is C7H5N5O. The highest BCUT2D eigenvalue weighted by Gasteiger charge is 2.12. The summed E-state index contributed by atoms with van der Waals surface area (Å²) in [6, 6.07) is 1.94. The van der Waals surface area contributed by atoms with Gasteiger partial charge in [-0.2, -0.15) is 15.3 Å². The Bertz CT molecular complexity index is 463. The molecule has 2 heterocycles. The fraction of sp³-hybridized carbons (Fsp3) is 0.143. The molecular weight excluding hydrogens is 170 g/mol. The Hall–Kier alpha value is -2.16. The summed E-state index contributed by atoms with van der Waals surface area (Å²) in [5.41, 5.74) is 0.853. The van der Waals surface area contributed by atoms with Crippen molar-refractivity contribution in [1.29, 1.82) is 5.26 Å². The second-order valence-electron chi connectivity index (χ2n) is 2.42. The summed E-state index contributed by atoms with van der Waals surface area (Å²) in [7, 11) is 0. The molecule has 2 aromatic heterocycles. The van der Waals surface area contributed by atoms with Crippen LogP contribution in [-0.2, 0) is 0 Å². The molecule has 0 aromatic carbocycles. The quantitative estimate of drug-likeness (QED) is 0.686. The van der Waals surface area contributed by atoms with Crippen LogP contribution in [0.15, 0.2) is 10.7 Å². The average Bonchev–Trinajstić information content (AvgIpc) is 2.71. The van der Waals surface area contributed by atoms with Crippen LogP contribution < -0.4 is 0 Å². The van der Waals surface area contributed by atoms with Gasteiger partial charge in [0.15, 0.2) is 5.82 Å². The van der Waals surface area contributed by atoms with Crippen molar-refractivity contribution in [2.75, 3.05) is 0 Å². The van der Waals surface area contributed by atoms with Crippen molar-refractivity contribution in [2.45, 2.75) is 6.92 Å². The van der Waals surface area contributed by atoms with Gasteiger partial charge in [-0.15, -0.1) is 0 Å². The zero-order chi connectivity index (χ0) is 9.26. The summed E-state index contributed by atoms with van der Waals surface area (Å²) in [4.78, 5) is 3.97. The van der Waals surface area contributed by atoms with E-state index < -0.39 is 0 Å². The van der Waals surface area contributed by atoms with Crippen molar-refractivity contribution in [2.24, 2.45) is 0 Å². The monoisotopic (exact) mass is 175 g/mol. The minimum absolute atomic E-state index is 0.308. The van der Waals surface area contributed by atoms with E-state index in [-0.39, 0.29) is 0 Å². The van der Waals surface area contributed by atoms with Gasteiger partial charge in [0.25, 0.3) is 5.89 Å². The normalized spacial score (nSPS) is 9.85. The van der Waals surface area contributed by atoms with Crippen LogP contribution in [0.5, 0.6) is 0 Å². The number of H-pyrrole nitrogens is 1. The summed E-state index contributed by atoms with van der Waals surface area (Å²) in [5.74, 6) is 0.836. The van der Waals surface area contributed by atoms with E-state index >= 15 is 0 Å². The first-order valence-corrected chi connectivity index (χ1v) is 3.55. The van der Waals surface area contributed by atoms with Crippen LogP contribution in [0.25, 0.3) is 11.5 Å². The van der Waals surface area contributed by atoms with Crippen molar-refractivity contribution < 1.29 is 4.52 Å². The Balaban J connectivity index is 2.53. The fourth-order valence-corrected chi connectivity index (χ4v) is 0.940. The molecule has 0 saturated heterocycles. The zero-order valence-electron chi connectivity index (χ0n) is 6.77. The highest BCUT2D eigenvalue weighted by molar-refractivity contribution is 5.58. The van der Waals surface area contributed by atoms with E-state index in [2.05, 4.69) is 20.3 Å². The van der Waals surface area contributed by atoms with E-state index in [1.807, 2.05) is 6.07 Å². The van der Waals surface area contributed by atoms with E-state index in [9.17, 15) is 0 Å². The minimum atomic E-state index is 0.308. The Kier molecular flexibility index (Phi) is 1.56. The van der Waals surface area contributed by atoms with Crippen molar-refractivity contribution in [3.05, 3.63) is 17.7 Å². The number of hydrogen-bond donors (Lipinski definition) is 1. The van der Waals surface area contributed by atoms with Gasteiger partial charge >= 0.3 is 0 Å². The number of aromatic amines is 1. The molecule has 0 saturated carbocycles. The SMILES string of the molecule is Cc1noc(-c2cn[nH]c2C#N)n1. The summed E-state index contributed by atoms with van der Waals surface area (Å²) in [6.07, 6.45) is 1.48. The van der Waals surface area contributed by atoms with Crippen molar-refractivity contribution in [3.63, 3.8) is 0 Å². The second kappa shape index (κ2) is 2.71. The molecule has 0 aliphatic carbocycles. The van der Waals surface area contributed by atoms with Gasteiger partial charge in [-0.05, 0) is 6.92 Å². The predicted octanol–water partition coefficient (Wildman–Crippen LogP) is 0.640. The molecule has 6 nitrogen and oxygen atoms in total. The third-order valence-electron chi connectivity index (χ3n) is 1.51. The summed E-state index contributed by atoms with van der Waals surface area (Å²) in [5, 5.41) is 18.5. The van der Waals surface area contributed by atoms with Crippen molar-refractivity contribution in [3.8, 4) is 17.5 Å². The lowest BCUT2D eigenvalue weighted by Gasteiger charge is -1.84. The van der Waals surface area contributed by atoms with Gasteiger partial charge in [0.2, 0.25) is 0 Å². The van der Waals surface area contributed by atoms with Gasteiger partial charge in [-0.1, -0.05) is 5.16 Å². The first-order chi connectivity index (χ1) is 6.31. The third kappa shape index (κ3) is 1.16. The molecule has 1 N–H and O–H groups in total. The second-order valence-corrected chi connectivity index (χ2v) is 2.42. The van der Waals surface area contributed by atoms with Crippen LogP contribution in [0.2, 0.25) is 0 Å². The predicted molar refractivity (Wildman–Crippen MR) is 41.3 cm³/mol. The van der Waals surface area contributed by atoms with Gasteiger partial charge in [-0.25, -0.2) is 0 Å². The van der Waals surface area contributed by atoms with E-state index in [4.69, 9.17) is 9.78 Å². The van der Waals surface area contributed by atoms with Gasteiger partial charge in [-0.3, -0.25) is 5.10 Å². The standard InChI is InChI=1S/C7H5N5O/c1-4-10-7(13-12-4)5-3-9-11-6(5)2-8/h3H,1H3,(H,9,11). The Morgan fingerprint density at radius 1 is 1.62 bits per heavy atom. The van der Waals surface area contributed by atoms with E-state index in [1.54, 1.807) is 6.92 Å². The molecule has 0 spiro atoms. The number of hydrogen-bond acceptors (Lipinski definition) is 5. The largest absolute Gasteiger partial charge is 0.334 e. The first-order valence-electron chi connectivity index (χ1n) is 3.55. The van der Waals surface area contributed by atoms with Crippen LogP contribution in [0.4, 0.5) is 0 Å². The van der Waals surface area contributed by atoms with Crippen LogP contribution in [0, 0.1) is 18.3 Å². The zero-order valence-corrected chi connectivity index (χ0v) is 6.77. The number of rotatable bonds is 1. The molecule has 0 bridgehead atoms. The van der Waals surface area contributed by atoms with Crippen LogP contribution in [0.3, 0.4) is 0 Å². The highest BCUT2D eigenvalue weighted by Crippen LogP contribution is 2.18.